The molecule has 0 saturated carbocycles. The number of benzene rings is 1. The summed E-state index contributed by atoms with van der Waals surface area (Å²) in [5.41, 5.74) is 1.52. The van der Waals surface area contributed by atoms with Crippen LogP contribution in [0.5, 0.6) is 0 Å². The van der Waals surface area contributed by atoms with Gasteiger partial charge < -0.3 is 20.5 Å². The van der Waals surface area contributed by atoms with E-state index in [9.17, 15) is 14.7 Å². The van der Waals surface area contributed by atoms with Gasteiger partial charge in [-0.05, 0) is 12.1 Å². The van der Waals surface area contributed by atoms with E-state index >= 15 is 0 Å². The van der Waals surface area contributed by atoms with Crippen LogP contribution in [0.15, 0.2) is 54.9 Å². The van der Waals surface area contributed by atoms with E-state index in [1.54, 1.807) is 23.6 Å². The fourth-order valence-electron chi connectivity index (χ4n) is 2.00. The Bertz CT molecular complexity index is 617. The number of nitrogens with zero attached hydrogens (tertiary/aromatic N) is 1. The number of nitrogens with two attached hydrogens (primary N) is 1. The lowest BCUT2D eigenvalue weighted by Crippen LogP contribution is -2.92. The van der Waals surface area contributed by atoms with Crippen LogP contribution in [0.3, 0.4) is 0 Å². The Hall–Kier alpha value is -2.73. The molecular formula is C16H17N3O3. The molecular weight excluding hydrogens is 282 g/mol. The number of amides is 1. The second kappa shape index (κ2) is 7.90. The minimum Gasteiger partial charge on any atom is -0.544 e. The molecule has 0 fully saturated rings. The topological polar surface area (TPSA) is 98.7 Å². The molecule has 1 aromatic carbocycles. The number of anilines is 1. The first-order valence-electron chi connectivity index (χ1n) is 6.93. The number of carboxylic acid groups (broad SMARTS) is 1. The van der Waals surface area contributed by atoms with Gasteiger partial charge in [0.1, 0.15) is 12.6 Å². The van der Waals surface area contributed by atoms with E-state index in [1.165, 1.54) is 6.20 Å². The summed E-state index contributed by atoms with van der Waals surface area (Å²) in [5, 5.41) is 15.4. The fraction of sp³-hybridized carbons (Fsp3) is 0.188. The van der Waals surface area contributed by atoms with Crippen LogP contribution in [0.2, 0.25) is 0 Å². The van der Waals surface area contributed by atoms with Crippen molar-refractivity contribution in [1.82, 2.24) is 4.98 Å². The van der Waals surface area contributed by atoms with Crippen molar-refractivity contribution >= 4 is 17.6 Å². The predicted octanol–water partition coefficient (Wildman–Crippen LogP) is -0.708. The maximum Gasteiger partial charge on any atom is 0.230 e. The molecule has 1 amide bonds. The van der Waals surface area contributed by atoms with Crippen molar-refractivity contribution in [2.45, 2.75) is 19.0 Å². The summed E-state index contributed by atoms with van der Waals surface area (Å²) >= 11 is 0. The van der Waals surface area contributed by atoms with Crippen molar-refractivity contribution in [3.63, 3.8) is 0 Å². The van der Waals surface area contributed by atoms with E-state index in [1.807, 2.05) is 30.3 Å². The molecule has 1 heterocycles. The minimum absolute atomic E-state index is 0.163. The van der Waals surface area contributed by atoms with Crippen molar-refractivity contribution in [2.75, 3.05) is 5.32 Å². The van der Waals surface area contributed by atoms with Gasteiger partial charge in [-0.3, -0.25) is 9.78 Å². The zero-order chi connectivity index (χ0) is 15.8. The van der Waals surface area contributed by atoms with Gasteiger partial charge in [0, 0.05) is 11.8 Å². The molecule has 0 aliphatic heterocycles. The van der Waals surface area contributed by atoms with Crippen LogP contribution in [-0.4, -0.2) is 22.9 Å². The highest BCUT2D eigenvalue weighted by Crippen LogP contribution is 2.03. The van der Waals surface area contributed by atoms with E-state index in [4.69, 9.17) is 0 Å². The Kier molecular flexibility index (Phi) is 5.62. The largest absolute Gasteiger partial charge is 0.544 e. The summed E-state index contributed by atoms with van der Waals surface area (Å²) in [6, 6.07) is 11.9. The van der Waals surface area contributed by atoms with Gasteiger partial charge in [-0.15, -0.1) is 0 Å². The van der Waals surface area contributed by atoms with Crippen LogP contribution in [0.4, 0.5) is 5.69 Å². The predicted molar refractivity (Wildman–Crippen MR) is 78.4 cm³/mol. The van der Waals surface area contributed by atoms with E-state index in [0.717, 1.165) is 5.56 Å². The van der Waals surface area contributed by atoms with Gasteiger partial charge in [0.2, 0.25) is 5.91 Å². The zero-order valence-electron chi connectivity index (χ0n) is 11.9. The van der Waals surface area contributed by atoms with Gasteiger partial charge in [0.15, 0.2) is 0 Å². The lowest BCUT2D eigenvalue weighted by molar-refractivity contribution is -0.697. The highest BCUT2D eigenvalue weighted by Gasteiger charge is 2.18. The van der Waals surface area contributed by atoms with Crippen LogP contribution >= 0.6 is 0 Å². The zero-order valence-corrected chi connectivity index (χ0v) is 11.9. The van der Waals surface area contributed by atoms with Crippen molar-refractivity contribution in [3.8, 4) is 0 Å². The molecule has 0 radical (unpaired) electrons. The van der Waals surface area contributed by atoms with Gasteiger partial charge in [-0.1, -0.05) is 30.3 Å². The summed E-state index contributed by atoms with van der Waals surface area (Å²) in [6.45, 7) is 0.472. The molecule has 2 aromatic rings. The number of carbonyl (C=O) groups excluding carboxylic acids is 2. The molecule has 3 N–H and O–H groups in total. The van der Waals surface area contributed by atoms with Crippen LogP contribution in [0.1, 0.15) is 12.0 Å². The number of hydrogen-bond donors (Lipinski definition) is 2. The van der Waals surface area contributed by atoms with Crippen LogP contribution < -0.4 is 15.7 Å². The molecule has 0 aliphatic carbocycles. The molecule has 2 rings (SSSR count). The monoisotopic (exact) mass is 299 g/mol. The number of aromatic nitrogens is 1. The van der Waals surface area contributed by atoms with Crippen LogP contribution in [0, 0.1) is 0 Å². The van der Waals surface area contributed by atoms with E-state index in [0.29, 0.717) is 12.2 Å². The average Bonchev–Trinajstić information content (AvgIpc) is 2.53. The average molecular weight is 299 g/mol. The maximum atomic E-state index is 11.9. The third-order valence-electron chi connectivity index (χ3n) is 3.13. The highest BCUT2D eigenvalue weighted by atomic mass is 16.4. The number of carboxylic acids is 1. The normalized spacial score (nSPS) is 11.6. The fourth-order valence-corrected chi connectivity index (χ4v) is 2.00. The summed E-state index contributed by atoms with van der Waals surface area (Å²) < 4.78 is 0. The third kappa shape index (κ3) is 4.99. The highest BCUT2D eigenvalue weighted by molar-refractivity contribution is 5.93. The summed E-state index contributed by atoms with van der Waals surface area (Å²) in [6.07, 6.45) is 2.93. The molecule has 114 valence electrons. The SMILES string of the molecule is O=C(C[C@@H]([NH2+]Cc1ccccc1)C(=O)[O-])Nc1cccnc1. The van der Waals surface area contributed by atoms with Crippen LogP contribution in [-0.2, 0) is 16.1 Å². The first-order valence-corrected chi connectivity index (χ1v) is 6.93. The number of carbonyl (C=O) groups is 2. The summed E-state index contributed by atoms with van der Waals surface area (Å²) in [5.74, 6) is -1.64. The molecule has 0 aliphatic rings. The number of nitrogens with one attached hydrogen (secondary N) is 1. The maximum absolute atomic E-state index is 11.9. The molecule has 22 heavy (non-hydrogen) atoms. The van der Waals surface area contributed by atoms with Crippen molar-refractivity contribution < 1.29 is 20.0 Å². The Morgan fingerprint density at radius 1 is 1.18 bits per heavy atom. The number of pyridine rings is 1. The van der Waals surface area contributed by atoms with Gasteiger partial charge in [-0.2, -0.15) is 0 Å². The van der Waals surface area contributed by atoms with E-state index in [-0.39, 0.29) is 12.3 Å². The summed E-state index contributed by atoms with van der Waals surface area (Å²) in [4.78, 5) is 26.9. The molecule has 0 saturated heterocycles. The van der Waals surface area contributed by atoms with E-state index < -0.39 is 12.0 Å². The minimum atomic E-state index is -1.25. The Balaban J connectivity index is 1.88. The van der Waals surface area contributed by atoms with Gasteiger partial charge in [0.25, 0.3) is 0 Å². The standard InChI is InChI=1S/C16H17N3O3/c20-15(19-13-7-4-8-17-11-13)9-14(16(21)22)18-10-12-5-2-1-3-6-12/h1-8,11,14,18H,9-10H2,(H,19,20)(H,21,22)/t14-/m1/s1. The van der Waals surface area contributed by atoms with Gasteiger partial charge in [-0.25, -0.2) is 0 Å². The number of rotatable bonds is 7. The molecule has 0 spiro atoms. The second-order valence-electron chi connectivity index (χ2n) is 4.84. The quantitative estimate of drug-likeness (QED) is 0.705. The Labute approximate surface area is 128 Å². The lowest BCUT2D eigenvalue weighted by Gasteiger charge is -2.16. The molecule has 6 heteroatoms. The first kappa shape index (κ1) is 15.7. The first-order chi connectivity index (χ1) is 10.6. The second-order valence-corrected chi connectivity index (χ2v) is 4.84. The molecule has 6 nitrogen and oxygen atoms in total. The van der Waals surface area contributed by atoms with Gasteiger partial charge >= 0.3 is 0 Å². The molecule has 1 atom stereocenters. The van der Waals surface area contributed by atoms with E-state index in [2.05, 4.69) is 10.3 Å². The number of aliphatic carboxylic acids is 1. The molecule has 1 aromatic heterocycles. The van der Waals surface area contributed by atoms with Crippen LogP contribution in [0.25, 0.3) is 0 Å². The van der Waals surface area contributed by atoms with Crippen molar-refractivity contribution in [2.24, 2.45) is 0 Å². The van der Waals surface area contributed by atoms with Crippen molar-refractivity contribution in [1.29, 1.82) is 0 Å². The number of quaternary nitrogens is 1. The lowest BCUT2D eigenvalue weighted by atomic mass is 10.1. The van der Waals surface area contributed by atoms with Crippen molar-refractivity contribution in [3.05, 3.63) is 60.4 Å². The number of hydrogen-bond acceptors (Lipinski definition) is 4. The Morgan fingerprint density at radius 3 is 2.59 bits per heavy atom. The Morgan fingerprint density at radius 2 is 1.95 bits per heavy atom. The molecule has 0 bridgehead atoms. The summed E-state index contributed by atoms with van der Waals surface area (Å²) in [7, 11) is 0. The molecule has 0 unspecified atom stereocenters. The third-order valence-corrected chi connectivity index (χ3v) is 3.13. The van der Waals surface area contributed by atoms with Gasteiger partial charge in [0.05, 0.1) is 24.3 Å². The smallest absolute Gasteiger partial charge is 0.230 e.